The average Bonchev–Trinajstić information content (AvgIpc) is 3.26. The number of carbonyl (C=O) groups excluding carboxylic acids is 2. The number of hydrogen-bond acceptors (Lipinski definition) is 8. The minimum absolute atomic E-state index is 0.157. The van der Waals surface area contributed by atoms with Crippen molar-refractivity contribution in [3.63, 3.8) is 0 Å². The summed E-state index contributed by atoms with van der Waals surface area (Å²) in [6.45, 7) is 4.85. The normalized spacial score (nSPS) is 17.3. The molecule has 0 bridgehead atoms. The quantitative estimate of drug-likeness (QED) is 0.702. The Morgan fingerprint density at radius 1 is 1.19 bits per heavy atom. The number of alkyl carbamates (subject to hydrolysis) is 1. The molecule has 10 nitrogen and oxygen atoms in total. The molecule has 2 aromatic rings. The maximum atomic E-state index is 12.8. The second kappa shape index (κ2) is 10.2. The molecular formula is C21H29N5O5S. The highest BCUT2D eigenvalue weighted by atomic mass is 32.1. The van der Waals surface area contributed by atoms with Crippen molar-refractivity contribution >= 4 is 44.5 Å². The van der Waals surface area contributed by atoms with Crippen molar-refractivity contribution in [2.24, 2.45) is 5.92 Å². The van der Waals surface area contributed by atoms with Crippen molar-refractivity contribution < 1.29 is 23.8 Å². The SMILES string of the molecule is COC(=O)NCC1CCN(C(=O)Nc2nc3c(OC)ccc(N4CCOCC4)c3s2)CC1. The average molecular weight is 464 g/mol. The van der Waals surface area contributed by atoms with E-state index in [0.717, 1.165) is 41.8 Å². The number of likely N-dealkylation sites (tertiary alicyclic amines) is 1. The molecule has 1 aromatic heterocycles. The minimum Gasteiger partial charge on any atom is -0.494 e. The first-order chi connectivity index (χ1) is 15.6. The number of benzene rings is 1. The van der Waals surface area contributed by atoms with Crippen molar-refractivity contribution in [3.05, 3.63) is 12.1 Å². The number of hydrogen-bond donors (Lipinski definition) is 2. The number of nitrogens with zero attached hydrogens (tertiary/aromatic N) is 3. The summed E-state index contributed by atoms with van der Waals surface area (Å²) in [5.74, 6) is 1.02. The van der Waals surface area contributed by atoms with Crippen LogP contribution in [0.2, 0.25) is 0 Å². The third-order valence-corrected chi connectivity index (χ3v) is 6.89. The molecule has 0 radical (unpaired) electrons. The number of morpholine rings is 1. The third-order valence-electron chi connectivity index (χ3n) is 5.89. The van der Waals surface area contributed by atoms with Gasteiger partial charge in [-0.05, 0) is 30.9 Å². The first-order valence-corrected chi connectivity index (χ1v) is 11.6. The monoisotopic (exact) mass is 463 g/mol. The zero-order chi connectivity index (χ0) is 22.5. The Bertz CT molecular complexity index is 953. The fraction of sp³-hybridized carbons (Fsp3) is 0.571. The van der Waals surface area contributed by atoms with Crippen molar-refractivity contribution in [2.45, 2.75) is 12.8 Å². The van der Waals surface area contributed by atoms with Gasteiger partial charge in [0.25, 0.3) is 0 Å². The maximum absolute atomic E-state index is 12.8. The molecule has 2 aliphatic rings. The molecule has 2 N–H and O–H groups in total. The van der Waals surface area contributed by atoms with E-state index >= 15 is 0 Å². The van der Waals surface area contributed by atoms with Crippen LogP contribution in [-0.2, 0) is 9.47 Å². The van der Waals surface area contributed by atoms with E-state index in [1.807, 2.05) is 12.1 Å². The second-order valence-corrected chi connectivity index (χ2v) is 8.82. The Labute approximate surface area is 190 Å². The first kappa shape index (κ1) is 22.4. The highest BCUT2D eigenvalue weighted by Gasteiger charge is 2.25. The highest BCUT2D eigenvalue weighted by molar-refractivity contribution is 7.23. The molecule has 2 aliphatic heterocycles. The van der Waals surface area contributed by atoms with Crippen LogP contribution < -0.4 is 20.3 Å². The highest BCUT2D eigenvalue weighted by Crippen LogP contribution is 2.39. The molecule has 0 atom stereocenters. The van der Waals surface area contributed by atoms with Gasteiger partial charge in [0.05, 0.1) is 37.8 Å². The predicted octanol–water partition coefficient (Wildman–Crippen LogP) is 2.74. The van der Waals surface area contributed by atoms with Gasteiger partial charge >= 0.3 is 12.1 Å². The Kier molecular flexibility index (Phi) is 7.15. The molecule has 0 aliphatic carbocycles. The molecule has 3 heterocycles. The van der Waals surface area contributed by atoms with Gasteiger partial charge in [0, 0.05) is 32.7 Å². The Balaban J connectivity index is 1.42. The molecule has 0 spiro atoms. The predicted molar refractivity (Wildman–Crippen MR) is 123 cm³/mol. The molecule has 1 aromatic carbocycles. The molecule has 3 amide bonds. The first-order valence-electron chi connectivity index (χ1n) is 10.8. The van der Waals surface area contributed by atoms with Crippen molar-refractivity contribution in [1.29, 1.82) is 0 Å². The number of piperidine rings is 1. The van der Waals surface area contributed by atoms with E-state index in [2.05, 4.69) is 25.3 Å². The van der Waals surface area contributed by atoms with E-state index in [4.69, 9.17) is 9.47 Å². The molecule has 174 valence electrons. The van der Waals surface area contributed by atoms with Gasteiger partial charge in [0.2, 0.25) is 0 Å². The largest absolute Gasteiger partial charge is 0.494 e. The number of anilines is 2. The minimum atomic E-state index is -0.423. The summed E-state index contributed by atoms with van der Waals surface area (Å²) >= 11 is 1.46. The number of urea groups is 1. The maximum Gasteiger partial charge on any atom is 0.406 e. The van der Waals surface area contributed by atoms with Crippen LogP contribution in [0.1, 0.15) is 12.8 Å². The number of aromatic nitrogens is 1. The van der Waals surface area contributed by atoms with E-state index in [-0.39, 0.29) is 6.03 Å². The van der Waals surface area contributed by atoms with Crippen molar-refractivity contribution in [3.8, 4) is 5.75 Å². The lowest BCUT2D eigenvalue weighted by molar-refractivity contribution is 0.123. The topological polar surface area (TPSA) is 105 Å². The van der Waals surface area contributed by atoms with E-state index in [1.54, 1.807) is 12.0 Å². The molecule has 0 unspecified atom stereocenters. The van der Waals surface area contributed by atoms with Gasteiger partial charge in [-0.2, -0.15) is 0 Å². The number of methoxy groups -OCH3 is 2. The molecule has 0 saturated carbocycles. The summed E-state index contributed by atoms with van der Waals surface area (Å²) < 4.78 is 16.6. The zero-order valence-electron chi connectivity index (χ0n) is 18.4. The van der Waals surface area contributed by atoms with E-state index < -0.39 is 6.09 Å². The number of thiazole rings is 1. The molecule has 11 heteroatoms. The number of amides is 3. The fourth-order valence-corrected chi connectivity index (χ4v) is 5.07. The Morgan fingerprint density at radius 2 is 1.94 bits per heavy atom. The summed E-state index contributed by atoms with van der Waals surface area (Å²) in [6, 6.07) is 3.81. The second-order valence-electron chi connectivity index (χ2n) is 7.82. The van der Waals surface area contributed by atoms with Crippen molar-refractivity contribution in [1.82, 2.24) is 15.2 Å². The summed E-state index contributed by atoms with van der Waals surface area (Å²) in [4.78, 5) is 32.8. The molecule has 2 saturated heterocycles. The number of carbonyl (C=O) groups is 2. The van der Waals surface area contributed by atoms with Crippen LogP contribution in [0, 0.1) is 5.92 Å². The van der Waals surface area contributed by atoms with Gasteiger partial charge < -0.3 is 29.3 Å². The lowest BCUT2D eigenvalue weighted by Crippen LogP contribution is -2.43. The Hall–Kier alpha value is -2.79. The van der Waals surface area contributed by atoms with E-state index in [9.17, 15) is 9.59 Å². The Morgan fingerprint density at radius 3 is 2.62 bits per heavy atom. The molecular weight excluding hydrogens is 434 g/mol. The van der Waals surface area contributed by atoms with Gasteiger partial charge in [0.1, 0.15) is 11.3 Å². The summed E-state index contributed by atoms with van der Waals surface area (Å²) in [7, 11) is 2.98. The number of ether oxygens (including phenoxy) is 3. The number of rotatable bonds is 5. The van der Waals surface area contributed by atoms with Crippen LogP contribution in [0.3, 0.4) is 0 Å². The molecule has 32 heavy (non-hydrogen) atoms. The van der Waals surface area contributed by atoms with Crippen molar-refractivity contribution in [2.75, 3.05) is 70.4 Å². The number of fused-ring (bicyclic) bond motifs is 1. The van der Waals surface area contributed by atoms with Crippen LogP contribution >= 0.6 is 11.3 Å². The van der Waals surface area contributed by atoms with Crippen LogP contribution in [0.5, 0.6) is 5.75 Å². The van der Waals surface area contributed by atoms with E-state index in [0.29, 0.717) is 49.6 Å². The standard InChI is InChI=1S/C21H29N5O5S/c1-29-16-4-3-15(25-9-11-31-12-10-25)18-17(16)23-19(32-18)24-20(27)26-7-5-14(6-8-26)13-22-21(28)30-2/h3-4,14H,5-13H2,1-2H3,(H,22,28)(H,23,24,27). The summed E-state index contributed by atoms with van der Waals surface area (Å²) in [5.41, 5.74) is 1.84. The van der Waals surface area contributed by atoms with Crippen LogP contribution in [0.25, 0.3) is 10.2 Å². The van der Waals surface area contributed by atoms with Gasteiger partial charge in [-0.15, -0.1) is 0 Å². The summed E-state index contributed by atoms with van der Waals surface area (Å²) in [5, 5.41) is 6.25. The lowest BCUT2D eigenvalue weighted by atomic mass is 9.97. The van der Waals surface area contributed by atoms with Crippen LogP contribution in [0.4, 0.5) is 20.4 Å². The molecule has 4 rings (SSSR count). The number of nitrogens with one attached hydrogen (secondary N) is 2. The smallest absolute Gasteiger partial charge is 0.406 e. The lowest BCUT2D eigenvalue weighted by Gasteiger charge is -2.31. The zero-order valence-corrected chi connectivity index (χ0v) is 19.2. The fourth-order valence-electron chi connectivity index (χ4n) is 4.05. The van der Waals surface area contributed by atoms with Gasteiger partial charge in [-0.25, -0.2) is 14.6 Å². The van der Waals surface area contributed by atoms with E-state index in [1.165, 1.54) is 18.4 Å². The third kappa shape index (κ3) is 4.99. The van der Waals surface area contributed by atoms with Crippen LogP contribution in [-0.4, -0.2) is 82.2 Å². The van der Waals surface area contributed by atoms with Gasteiger partial charge in [-0.3, -0.25) is 5.32 Å². The van der Waals surface area contributed by atoms with Gasteiger partial charge in [0.15, 0.2) is 5.13 Å². The molecule has 2 fully saturated rings. The van der Waals surface area contributed by atoms with Gasteiger partial charge in [-0.1, -0.05) is 11.3 Å². The summed E-state index contributed by atoms with van der Waals surface area (Å²) in [6.07, 6.45) is 1.23. The van der Waals surface area contributed by atoms with Crippen LogP contribution in [0.15, 0.2) is 12.1 Å².